The maximum Gasteiger partial charge on any atom is 0.265 e. The lowest BCUT2D eigenvalue weighted by molar-refractivity contribution is 0.0695. The van der Waals surface area contributed by atoms with Crippen LogP contribution < -0.4 is 5.32 Å². The number of aryl methyl sites for hydroxylation is 1. The van der Waals surface area contributed by atoms with Gasteiger partial charge in [0.15, 0.2) is 0 Å². The molecule has 4 nitrogen and oxygen atoms in total. The minimum Gasteiger partial charge on any atom is -0.338 e. The lowest BCUT2D eigenvalue weighted by Crippen LogP contribution is -2.40. The number of rotatable bonds is 6. The molecule has 0 atom stereocenters. The second-order valence-electron chi connectivity index (χ2n) is 5.41. The summed E-state index contributed by atoms with van der Waals surface area (Å²) in [6.07, 6.45) is 6.03. The van der Waals surface area contributed by atoms with Crippen LogP contribution in [-0.4, -0.2) is 42.0 Å². The van der Waals surface area contributed by atoms with E-state index < -0.39 is 0 Å². The fraction of sp³-hybridized carbons (Fsp3) is 0.733. The van der Waals surface area contributed by atoms with Crippen LogP contribution in [0.25, 0.3) is 0 Å². The van der Waals surface area contributed by atoms with Gasteiger partial charge >= 0.3 is 0 Å². The highest BCUT2D eigenvalue weighted by atomic mass is 35.5. The van der Waals surface area contributed by atoms with Gasteiger partial charge in [-0.25, -0.2) is 4.98 Å². The molecule has 1 aromatic rings. The summed E-state index contributed by atoms with van der Waals surface area (Å²) in [6.45, 7) is 8.15. The summed E-state index contributed by atoms with van der Waals surface area (Å²) in [5.41, 5.74) is 0. The van der Waals surface area contributed by atoms with Crippen molar-refractivity contribution < 1.29 is 4.79 Å². The van der Waals surface area contributed by atoms with E-state index in [9.17, 15) is 4.79 Å². The van der Waals surface area contributed by atoms with Crippen LogP contribution in [0, 0.1) is 5.92 Å². The van der Waals surface area contributed by atoms with E-state index >= 15 is 0 Å². The summed E-state index contributed by atoms with van der Waals surface area (Å²) >= 11 is 1.56. The number of aromatic nitrogens is 1. The highest BCUT2D eigenvalue weighted by Gasteiger charge is 2.24. The molecule has 1 amide bonds. The molecule has 1 saturated heterocycles. The van der Waals surface area contributed by atoms with E-state index in [1.54, 1.807) is 17.5 Å². The second kappa shape index (κ2) is 11.2. The maximum absolute atomic E-state index is 12.4. The molecule has 0 saturated carbocycles. The van der Waals surface area contributed by atoms with Crippen molar-refractivity contribution >= 4 is 42.1 Å². The third-order valence-corrected chi connectivity index (χ3v) is 4.86. The molecule has 1 N–H and O–H groups in total. The van der Waals surface area contributed by atoms with E-state index in [1.807, 2.05) is 4.90 Å². The van der Waals surface area contributed by atoms with Crippen molar-refractivity contribution in [3.8, 4) is 0 Å². The molecule has 1 aliphatic rings. The minimum atomic E-state index is 0. The predicted molar refractivity (Wildman–Crippen MR) is 97.8 cm³/mol. The second-order valence-corrected chi connectivity index (χ2v) is 6.53. The van der Waals surface area contributed by atoms with Crippen LogP contribution in [0.3, 0.4) is 0 Å². The van der Waals surface area contributed by atoms with E-state index in [1.165, 1.54) is 0 Å². The monoisotopic (exact) mass is 367 g/mol. The largest absolute Gasteiger partial charge is 0.338 e. The van der Waals surface area contributed by atoms with E-state index in [4.69, 9.17) is 0 Å². The summed E-state index contributed by atoms with van der Waals surface area (Å²) in [5.74, 6) is 0.892. The molecular formula is C15H27Cl2N3OS. The summed E-state index contributed by atoms with van der Waals surface area (Å²) in [6, 6.07) is 0. The third-order valence-electron chi connectivity index (χ3n) is 3.81. The molecule has 0 radical (unpaired) electrons. The molecule has 128 valence electrons. The molecule has 22 heavy (non-hydrogen) atoms. The zero-order valence-electron chi connectivity index (χ0n) is 13.3. The zero-order chi connectivity index (χ0) is 14.4. The first-order valence-electron chi connectivity index (χ1n) is 7.69. The van der Waals surface area contributed by atoms with Crippen LogP contribution >= 0.6 is 36.2 Å². The standard InChI is InChI=1S/C15H25N3OS.2ClH/c1-3-5-14-17-11-13(20-14)15(19)18-8-6-12(7-9-18)10-16-4-2;;/h11-12,16H,3-10H2,1-2H3;2*1H. The van der Waals surface area contributed by atoms with Gasteiger partial charge in [0.05, 0.1) is 11.2 Å². The van der Waals surface area contributed by atoms with Crippen molar-refractivity contribution in [1.29, 1.82) is 0 Å². The molecule has 0 unspecified atom stereocenters. The number of nitrogens with one attached hydrogen (secondary N) is 1. The van der Waals surface area contributed by atoms with Gasteiger partial charge in [0, 0.05) is 13.1 Å². The topological polar surface area (TPSA) is 45.2 Å². The van der Waals surface area contributed by atoms with Gasteiger partial charge < -0.3 is 10.2 Å². The molecular weight excluding hydrogens is 341 g/mol. The molecule has 7 heteroatoms. The van der Waals surface area contributed by atoms with E-state index in [0.717, 1.165) is 67.7 Å². The Morgan fingerprint density at radius 1 is 1.36 bits per heavy atom. The van der Waals surface area contributed by atoms with Gasteiger partial charge in [-0.1, -0.05) is 13.8 Å². The number of carbonyl (C=O) groups excluding carboxylic acids is 1. The van der Waals surface area contributed by atoms with E-state index in [-0.39, 0.29) is 30.7 Å². The van der Waals surface area contributed by atoms with Gasteiger partial charge in [0.1, 0.15) is 4.88 Å². The van der Waals surface area contributed by atoms with Crippen molar-refractivity contribution in [1.82, 2.24) is 15.2 Å². The number of piperidine rings is 1. The fourth-order valence-corrected chi connectivity index (χ4v) is 3.57. The Hall–Kier alpha value is -0.360. The summed E-state index contributed by atoms with van der Waals surface area (Å²) in [4.78, 5) is 19.6. The average Bonchev–Trinajstić information content (AvgIpc) is 2.94. The Morgan fingerprint density at radius 2 is 2.05 bits per heavy atom. The number of thiazole rings is 1. The average molecular weight is 368 g/mol. The van der Waals surface area contributed by atoms with Gasteiger partial charge in [-0.15, -0.1) is 36.2 Å². The number of halogens is 2. The number of likely N-dealkylation sites (tertiary alicyclic amines) is 1. The van der Waals surface area contributed by atoms with Crippen LogP contribution in [0.15, 0.2) is 6.20 Å². The first kappa shape index (κ1) is 21.6. The molecule has 0 aromatic carbocycles. The third kappa shape index (κ3) is 6.03. The van der Waals surface area contributed by atoms with Crippen molar-refractivity contribution in [2.45, 2.75) is 39.5 Å². The molecule has 2 heterocycles. The smallest absolute Gasteiger partial charge is 0.265 e. The first-order valence-corrected chi connectivity index (χ1v) is 8.51. The van der Waals surface area contributed by atoms with Crippen molar-refractivity contribution in [2.75, 3.05) is 26.2 Å². The Morgan fingerprint density at radius 3 is 2.64 bits per heavy atom. The number of nitrogens with zero attached hydrogens (tertiary/aromatic N) is 2. The molecule has 0 bridgehead atoms. The zero-order valence-corrected chi connectivity index (χ0v) is 15.8. The number of carbonyl (C=O) groups is 1. The first-order chi connectivity index (χ1) is 9.74. The van der Waals surface area contributed by atoms with Crippen molar-refractivity contribution in [2.24, 2.45) is 5.92 Å². The lowest BCUT2D eigenvalue weighted by atomic mass is 9.96. The summed E-state index contributed by atoms with van der Waals surface area (Å²) in [7, 11) is 0. The van der Waals surface area contributed by atoms with Gasteiger partial charge in [0.2, 0.25) is 0 Å². The van der Waals surface area contributed by atoms with Crippen LogP contribution in [0.2, 0.25) is 0 Å². The molecule has 1 aliphatic heterocycles. The SMILES string of the molecule is CCCc1ncc(C(=O)N2CCC(CNCC)CC2)s1.Cl.Cl. The number of hydrogen-bond donors (Lipinski definition) is 1. The number of amides is 1. The van der Waals surface area contributed by atoms with Crippen molar-refractivity contribution in [3.63, 3.8) is 0 Å². The van der Waals surface area contributed by atoms with Crippen LogP contribution in [0.1, 0.15) is 47.8 Å². The van der Waals surface area contributed by atoms with Crippen LogP contribution in [0.4, 0.5) is 0 Å². The molecule has 0 aliphatic carbocycles. The van der Waals surface area contributed by atoms with E-state index in [0.29, 0.717) is 0 Å². The summed E-state index contributed by atoms with van der Waals surface area (Å²) in [5, 5.41) is 4.48. The Bertz CT molecular complexity index is 434. The fourth-order valence-electron chi connectivity index (χ4n) is 2.58. The van der Waals surface area contributed by atoms with Crippen LogP contribution in [-0.2, 0) is 6.42 Å². The minimum absolute atomic E-state index is 0. The molecule has 2 rings (SSSR count). The highest BCUT2D eigenvalue weighted by molar-refractivity contribution is 7.13. The lowest BCUT2D eigenvalue weighted by Gasteiger charge is -2.31. The van der Waals surface area contributed by atoms with Crippen LogP contribution in [0.5, 0.6) is 0 Å². The van der Waals surface area contributed by atoms with Gasteiger partial charge in [0.25, 0.3) is 5.91 Å². The normalized spacial score (nSPS) is 15.1. The van der Waals surface area contributed by atoms with E-state index in [2.05, 4.69) is 24.1 Å². The predicted octanol–water partition coefficient (Wildman–Crippen LogP) is 3.40. The van der Waals surface area contributed by atoms with Crippen molar-refractivity contribution in [3.05, 3.63) is 16.1 Å². The van der Waals surface area contributed by atoms with Gasteiger partial charge in [-0.2, -0.15) is 0 Å². The quantitative estimate of drug-likeness (QED) is 0.837. The molecule has 1 aromatic heterocycles. The highest BCUT2D eigenvalue weighted by Crippen LogP contribution is 2.21. The Labute approximate surface area is 149 Å². The van der Waals surface area contributed by atoms with Gasteiger partial charge in [-0.05, 0) is 44.7 Å². The number of hydrogen-bond acceptors (Lipinski definition) is 4. The molecule has 0 spiro atoms. The Kier molecular flexibility index (Phi) is 11.0. The van der Waals surface area contributed by atoms with Gasteiger partial charge in [-0.3, -0.25) is 4.79 Å². The summed E-state index contributed by atoms with van der Waals surface area (Å²) < 4.78 is 0. The maximum atomic E-state index is 12.4. The molecule has 1 fully saturated rings. The Balaban J connectivity index is 0.00000220.